The normalized spacial score (nSPS) is 13.4. The summed E-state index contributed by atoms with van der Waals surface area (Å²) in [4.78, 5) is 28.0. The van der Waals surface area contributed by atoms with Crippen molar-refractivity contribution in [1.82, 2.24) is 4.90 Å². The molecule has 1 heterocycles. The van der Waals surface area contributed by atoms with E-state index in [1.807, 2.05) is 42.5 Å². The predicted octanol–water partition coefficient (Wildman–Crippen LogP) is 4.32. The fraction of sp³-hybridized carbons (Fsp3) is 0.269. The predicted molar refractivity (Wildman–Crippen MR) is 132 cm³/mol. The molecule has 1 fully saturated rings. The molecule has 0 aromatic heterocycles. The molecule has 8 heteroatoms. The number of carbonyl (C=O) groups excluding carboxylic acids is 1. The topological polar surface area (TPSA) is 88.0 Å². The van der Waals surface area contributed by atoms with Crippen LogP contribution in [0.3, 0.4) is 0 Å². The van der Waals surface area contributed by atoms with Gasteiger partial charge in [0.05, 0.1) is 18.1 Å². The zero-order chi connectivity index (χ0) is 23.9. The van der Waals surface area contributed by atoms with E-state index in [1.54, 1.807) is 24.1 Å². The summed E-state index contributed by atoms with van der Waals surface area (Å²) in [7, 11) is 1.70. The SMILES string of the molecule is CN(Cc1ccc(N2CCOCC2)cc1)C(=O)c1ccc(NCc2ccccc2)c([N+](=O)[O-])c1. The van der Waals surface area contributed by atoms with Crippen LogP contribution >= 0.6 is 0 Å². The van der Waals surface area contributed by atoms with Crippen molar-refractivity contribution in [3.8, 4) is 0 Å². The largest absolute Gasteiger partial charge is 0.378 e. The number of benzene rings is 3. The standard InChI is InChI=1S/C26H28N4O4/c1-28(19-21-7-10-23(11-8-21)29-13-15-34-16-14-29)26(31)22-9-12-24(25(17-22)30(32)33)27-18-20-5-3-2-4-6-20/h2-12,17,27H,13-16,18-19H2,1H3. The van der Waals surface area contributed by atoms with Crippen molar-refractivity contribution in [2.75, 3.05) is 43.6 Å². The molecule has 1 N–H and O–H groups in total. The van der Waals surface area contributed by atoms with E-state index in [0.29, 0.717) is 18.8 Å². The number of nitro benzene ring substituents is 1. The average molecular weight is 461 g/mol. The van der Waals surface area contributed by atoms with Gasteiger partial charge in [-0.05, 0) is 35.4 Å². The molecule has 176 valence electrons. The number of hydrogen-bond donors (Lipinski definition) is 1. The van der Waals surface area contributed by atoms with Gasteiger partial charge in [-0.25, -0.2) is 0 Å². The molecule has 1 amide bonds. The summed E-state index contributed by atoms with van der Waals surface area (Å²) in [6.07, 6.45) is 0. The molecule has 0 unspecified atom stereocenters. The molecule has 1 aliphatic rings. The summed E-state index contributed by atoms with van der Waals surface area (Å²) < 4.78 is 5.40. The highest BCUT2D eigenvalue weighted by Gasteiger charge is 2.20. The number of anilines is 2. The van der Waals surface area contributed by atoms with Crippen LogP contribution in [0.5, 0.6) is 0 Å². The quantitative estimate of drug-likeness (QED) is 0.398. The Balaban J connectivity index is 1.42. The van der Waals surface area contributed by atoms with Crippen LogP contribution in [0.4, 0.5) is 17.1 Å². The van der Waals surface area contributed by atoms with E-state index in [1.165, 1.54) is 6.07 Å². The van der Waals surface area contributed by atoms with E-state index in [-0.39, 0.29) is 17.2 Å². The van der Waals surface area contributed by atoms with Gasteiger partial charge < -0.3 is 19.9 Å². The van der Waals surface area contributed by atoms with Crippen LogP contribution in [0, 0.1) is 10.1 Å². The van der Waals surface area contributed by atoms with Crippen LogP contribution in [-0.4, -0.2) is 49.1 Å². The average Bonchev–Trinajstić information content (AvgIpc) is 2.88. The highest BCUT2D eigenvalue weighted by Crippen LogP contribution is 2.27. The van der Waals surface area contributed by atoms with Gasteiger partial charge in [0, 0.05) is 50.5 Å². The van der Waals surface area contributed by atoms with Crippen LogP contribution in [0.1, 0.15) is 21.5 Å². The lowest BCUT2D eigenvalue weighted by atomic mass is 10.1. The number of amides is 1. The summed E-state index contributed by atoms with van der Waals surface area (Å²) in [6.45, 7) is 4.05. The Morgan fingerprint density at radius 1 is 1.03 bits per heavy atom. The molecule has 0 atom stereocenters. The minimum absolute atomic E-state index is 0.120. The lowest BCUT2D eigenvalue weighted by molar-refractivity contribution is -0.384. The van der Waals surface area contributed by atoms with Crippen LogP contribution in [0.25, 0.3) is 0 Å². The first-order chi connectivity index (χ1) is 16.5. The third-order valence-corrected chi connectivity index (χ3v) is 5.85. The summed E-state index contributed by atoms with van der Waals surface area (Å²) in [5.41, 5.74) is 3.68. The minimum atomic E-state index is -0.464. The summed E-state index contributed by atoms with van der Waals surface area (Å²) in [5, 5.41) is 14.8. The van der Waals surface area contributed by atoms with E-state index >= 15 is 0 Å². The summed E-state index contributed by atoms with van der Waals surface area (Å²) in [5.74, 6) is -0.269. The number of rotatable bonds is 8. The molecule has 0 bridgehead atoms. The van der Waals surface area contributed by atoms with Crippen molar-refractivity contribution in [1.29, 1.82) is 0 Å². The molecule has 0 spiro atoms. The minimum Gasteiger partial charge on any atom is -0.378 e. The van der Waals surface area contributed by atoms with Gasteiger partial charge in [0.25, 0.3) is 11.6 Å². The Hall–Kier alpha value is -3.91. The highest BCUT2D eigenvalue weighted by atomic mass is 16.6. The molecule has 1 saturated heterocycles. The fourth-order valence-corrected chi connectivity index (χ4v) is 3.96. The molecule has 3 aromatic rings. The number of nitrogens with one attached hydrogen (secondary N) is 1. The number of nitrogens with zero attached hydrogens (tertiary/aromatic N) is 3. The Bertz CT molecular complexity index is 1130. The van der Waals surface area contributed by atoms with Crippen molar-refractivity contribution in [3.05, 3.63) is 99.6 Å². The van der Waals surface area contributed by atoms with Crippen LogP contribution < -0.4 is 10.2 Å². The molecule has 0 saturated carbocycles. The van der Waals surface area contributed by atoms with Crippen LogP contribution in [-0.2, 0) is 17.8 Å². The van der Waals surface area contributed by atoms with Gasteiger partial charge in [-0.3, -0.25) is 14.9 Å². The smallest absolute Gasteiger partial charge is 0.293 e. The van der Waals surface area contributed by atoms with Gasteiger partial charge in [0.1, 0.15) is 5.69 Å². The molecular formula is C26H28N4O4. The van der Waals surface area contributed by atoms with E-state index in [2.05, 4.69) is 22.3 Å². The van der Waals surface area contributed by atoms with Crippen molar-refractivity contribution < 1.29 is 14.5 Å². The van der Waals surface area contributed by atoms with Crippen LogP contribution in [0.2, 0.25) is 0 Å². The molecule has 4 rings (SSSR count). The number of carbonyl (C=O) groups is 1. The summed E-state index contributed by atoms with van der Waals surface area (Å²) in [6, 6.07) is 22.3. The second-order valence-electron chi connectivity index (χ2n) is 8.26. The number of nitro groups is 1. The Kier molecular flexibility index (Phi) is 7.39. The third kappa shape index (κ3) is 5.71. The van der Waals surface area contributed by atoms with Crippen molar-refractivity contribution in [2.45, 2.75) is 13.1 Å². The molecule has 3 aromatic carbocycles. The third-order valence-electron chi connectivity index (χ3n) is 5.85. The molecule has 0 radical (unpaired) electrons. The Labute approximate surface area is 198 Å². The number of hydrogen-bond acceptors (Lipinski definition) is 6. The molecular weight excluding hydrogens is 432 g/mol. The maximum Gasteiger partial charge on any atom is 0.293 e. The van der Waals surface area contributed by atoms with E-state index < -0.39 is 4.92 Å². The van der Waals surface area contributed by atoms with Gasteiger partial charge in [-0.2, -0.15) is 0 Å². The monoisotopic (exact) mass is 460 g/mol. The lowest BCUT2D eigenvalue weighted by Crippen LogP contribution is -2.36. The Morgan fingerprint density at radius 3 is 2.41 bits per heavy atom. The fourth-order valence-electron chi connectivity index (χ4n) is 3.96. The van der Waals surface area contributed by atoms with Gasteiger partial charge >= 0.3 is 0 Å². The second kappa shape index (κ2) is 10.8. The molecule has 0 aliphatic carbocycles. The van der Waals surface area contributed by atoms with Crippen molar-refractivity contribution in [3.63, 3.8) is 0 Å². The van der Waals surface area contributed by atoms with E-state index in [0.717, 1.165) is 43.1 Å². The first kappa shape index (κ1) is 23.3. The molecule has 34 heavy (non-hydrogen) atoms. The lowest BCUT2D eigenvalue weighted by Gasteiger charge is -2.29. The summed E-state index contributed by atoms with van der Waals surface area (Å²) >= 11 is 0. The second-order valence-corrected chi connectivity index (χ2v) is 8.26. The van der Waals surface area contributed by atoms with E-state index in [9.17, 15) is 14.9 Å². The molecule has 1 aliphatic heterocycles. The first-order valence-corrected chi connectivity index (χ1v) is 11.2. The van der Waals surface area contributed by atoms with Crippen LogP contribution in [0.15, 0.2) is 72.8 Å². The number of morpholine rings is 1. The molecule has 8 nitrogen and oxygen atoms in total. The number of ether oxygens (including phenoxy) is 1. The van der Waals surface area contributed by atoms with Crippen molar-refractivity contribution in [2.24, 2.45) is 0 Å². The van der Waals surface area contributed by atoms with Gasteiger partial charge in [0.2, 0.25) is 0 Å². The van der Waals surface area contributed by atoms with E-state index in [4.69, 9.17) is 4.74 Å². The first-order valence-electron chi connectivity index (χ1n) is 11.2. The maximum atomic E-state index is 13.0. The van der Waals surface area contributed by atoms with Gasteiger partial charge in [-0.15, -0.1) is 0 Å². The zero-order valence-electron chi connectivity index (χ0n) is 19.1. The van der Waals surface area contributed by atoms with Gasteiger partial charge in [0.15, 0.2) is 0 Å². The van der Waals surface area contributed by atoms with Gasteiger partial charge in [-0.1, -0.05) is 42.5 Å². The van der Waals surface area contributed by atoms with Crippen molar-refractivity contribution >= 4 is 23.0 Å². The maximum absolute atomic E-state index is 13.0. The zero-order valence-corrected chi connectivity index (χ0v) is 19.1. The Morgan fingerprint density at radius 2 is 1.74 bits per heavy atom. The highest BCUT2D eigenvalue weighted by molar-refractivity contribution is 5.95.